The summed E-state index contributed by atoms with van der Waals surface area (Å²) in [6.07, 6.45) is 6.47. The van der Waals surface area contributed by atoms with E-state index < -0.39 is 10.8 Å². The van der Waals surface area contributed by atoms with Gasteiger partial charge in [0.25, 0.3) is 5.91 Å². The summed E-state index contributed by atoms with van der Waals surface area (Å²) in [4.78, 5) is 31.0. The predicted octanol–water partition coefficient (Wildman–Crippen LogP) is 2.93. The smallest absolute Gasteiger partial charge is 0.317 e. The third-order valence-corrected chi connectivity index (χ3v) is 9.30. The van der Waals surface area contributed by atoms with Gasteiger partial charge < -0.3 is 19.9 Å². The summed E-state index contributed by atoms with van der Waals surface area (Å²) in [5.41, 5.74) is 2.89. The molecular weight excluding hydrogens is 478 g/mol. The Balaban J connectivity index is 1.31. The second-order valence-corrected chi connectivity index (χ2v) is 11.6. The molecule has 192 valence electrons. The third-order valence-electron chi connectivity index (χ3n) is 7.90. The number of rotatable bonds is 3. The number of ether oxygens (including phenoxy) is 1. The Hall–Kier alpha value is -2.72. The highest BCUT2D eigenvalue weighted by atomic mass is 32.2. The number of urea groups is 1. The van der Waals surface area contributed by atoms with Crippen molar-refractivity contribution in [2.24, 2.45) is 0 Å². The molecule has 2 atom stereocenters. The highest BCUT2D eigenvalue weighted by Crippen LogP contribution is 2.40. The van der Waals surface area contributed by atoms with Gasteiger partial charge in [-0.1, -0.05) is 37.5 Å². The van der Waals surface area contributed by atoms with Gasteiger partial charge in [0.15, 0.2) is 5.69 Å². The first-order chi connectivity index (χ1) is 17.6. The SMILES string of the molecule is O=C(NC1CCCCC1)N1CCC(n2nc(C(=O)N3CCOCC3)c3c2-c2ccccc2S(=O)C3)C1. The van der Waals surface area contributed by atoms with Crippen LogP contribution in [0.1, 0.15) is 60.6 Å². The van der Waals surface area contributed by atoms with E-state index in [4.69, 9.17) is 9.84 Å². The highest BCUT2D eigenvalue weighted by molar-refractivity contribution is 7.84. The van der Waals surface area contributed by atoms with E-state index in [2.05, 4.69) is 5.32 Å². The van der Waals surface area contributed by atoms with Gasteiger partial charge in [-0.25, -0.2) is 4.79 Å². The Morgan fingerprint density at radius 3 is 2.58 bits per heavy atom. The molecule has 0 bridgehead atoms. The van der Waals surface area contributed by atoms with Gasteiger partial charge in [-0.3, -0.25) is 13.7 Å². The maximum absolute atomic E-state index is 13.5. The van der Waals surface area contributed by atoms with Gasteiger partial charge in [0.2, 0.25) is 0 Å². The van der Waals surface area contributed by atoms with Crippen LogP contribution in [0.25, 0.3) is 11.3 Å². The van der Waals surface area contributed by atoms with E-state index in [0.717, 1.165) is 41.0 Å². The molecule has 2 unspecified atom stereocenters. The fourth-order valence-corrected chi connectivity index (χ4v) is 7.28. The molecule has 1 saturated carbocycles. The Labute approximate surface area is 213 Å². The van der Waals surface area contributed by atoms with E-state index in [9.17, 15) is 13.8 Å². The quantitative estimate of drug-likeness (QED) is 0.684. The Kier molecular flexibility index (Phi) is 6.55. The zero-order valence-corrected chi connectivity index (χ0v) is 21.3. The summed E-state index contributed by atoms with van der Waals surface area (Å²) in [5, 5.41) is 8.11. The van der Waals surface area contributed by atoms with Gasteiger partial charge in [0.05, 0.1) is 41.5 Å². The van der Waals surface area contributed by atoms with Gasteiger partial charge in [-0.15, -0.1) is 0 Å². The summed E-state index contributed by atoms with van der Waals surface area (Å²) in [5.74, 6) is 0.144. The third kappa shape index (κ3) is 4.34. The Morgan fingerprint density at radius 2 is 1.78 bits per heavy atom. The summed E-state index contributed by atoms with van der Waals surface area (Å²) in [6.45, 7) is 3.27. The number of nitrogens with zero attached hydrogens (tertiary/aromatic N) is 4. The van der Waals surface area contributed by atoms with Gasteiger partial charge in [-0.05, 0) is 25.3 Å². The maximum atomic E-state index is 13.5. The van der Waals surface area contributed by atoms with Crippen LogP contribution in [-0.2, 0) is 21.3 Å². The van der Waals surface area contributed by atoms with Crippen molar-refractivity contribution >= 4 is 22.7 Å². The zero-order valence-electron chi connectivity index (χ0n) is 20.5. The molecule has 3 fully saturated rings. The largest absolute Gasteiger partial charge is 0.378 e. The van der Waals surface area contributed by atoms with E-state index in [1.165, 1.54) is 19.3 Å². The summed E-state index contributed by atoms with van der Waals surface area (Å²) in [7, 11) is -1.24. The van der Waals surface area contributed by atoms with Crippen molar-refractivity contribution < 1.29 is 18.5 Å². The van der Waals surface area contributed by atoms with Crippen molar-refractivity contribution in [3.8, 4) is 11.3 Å². The minimum absolute atomic E-state index is 0.00320. The number of hydrogen-bond acceptors (Lipinski definition) is 5. The molecule has 0 spiro atoms. The van der Waals surface area contributed by atoms with Crippen LogP contribution in [0.3, 0.4) is 0 Å². The molecule has 9 nitrogen and oxygen atoms in total. The lowest BCUT2D eigenvalue weighted by molar-refractivity contribution is 0.0297. The maximum Gasteiger partial charge on any atom is 0.317 e. The second kappa shape index (κ2) is 9.97. The lowest BCUT2D eigenvalue weighted by Gasteiger charge is -2.26. The summed E-state index contributed by atoms with van der Waals surface area (Å²) in [6, 6.07) is 7.92. The first kappa shape index (κ1) is 23.7. The van der Waals surface area contributed by atoms with Crippen LogP contribution in [0, 0.1) is 0 Å². The van der Waals surface area contributed by atoms with E-state index in [1.807, 2.05) is 33.8 Å². The Morgan fingerprint density at radius 1 is 1.00 bits per heavy atom. The number of likely N-dealkylation sites (tertiary alicyclic amines) is 1. The fraction of sp³-hybridized carbons (Fsp3) is 0.577. The molecule has 3 amide bonds. The van der Waals surface area contributed by atoms with E-state index in [-0.39, 0.29) is 29.8 Å². The standard InChI is InChI=1S/C26H33N5O4S/c32-25(29-12-14-35-15-13-29)23-21-17-36(34)22-9-5-4-8-20(22)24(21)31(28-23)19-10-11-30(16-19)26(33)27-18-6-2-1-3-7-18/h4-5,8-9,18-19H,1-3,6-7,10-17H2,(H,27,33). The second-order valence-electron chi connectivity index (χ2n) is 10.2. The van der Waals surface area contributed by atoms with Crippen molar-refractivity contribution in [1.82, 2.24) is 24.9 Å². The van der Waals surface area contributed by atoms with Gasteiger partial charge >= 0.3 is 6.03 Å². The highest BCUT2D eigenvalue weighted by Gasteiger charge is 2.38. The molecule has 6 rings (SSSR count). The molecule has 2 aromatic rings. The molecule has 1 N–H and O–H groups in total. The van der Waals surface area contributed by atoms with Crippen molar-refractivity contribution in [2.45, 2.75) is 61.3 Å². The summed E-state index contributed by atoms with van der Waals surface area (Å²) >= 11 is 0. The van der Waals surface area contributed by atoms with Crippen LogP contribution < -0.4 is 5.32 Å². The van der Waals surface area contributed by atoms with Crippen molar-refractivity contribution in [3.63, 3.8) is 0 Å². The molecule has 1 aromatic heterocycles. The van der Waals surface area contributed by atoms with Crippen LogP contribution in [0.5, 0.6) is 0 Å². The van der Waals surface area contributed by atoms with E-state index in [0.29, 0.717) is 45.1 Å². The van der Waals surface area contributed by atoms with Gasteiger partial charge in [0, 0.05) is 48.2 Å². The molecule has 0 radical (unpaired) electrons. The minimum atomic E-state index is -1.24. The van der Waals surface area contributed by atoms with Crippen LogP contribution in [-0.4, -0.2) is 81.2 Å². The van der Waals surface area contributed by atoms with Crippen molar-refractivity contribution in [2.75, 3.05) is 39.4 Å². The number of nitrogens with one attached hydrogen (secondary N) is 1. The predicted molar refractivity (Wildman–Crippen MR) is 135 cm³/mol. The number of benzene rings is 1. The lowest BCUT2D eigenvalue weighted by Crippen LogP contribution is -2.44. The molecule has 3 aliphatic heterocycles. The summed E-state index contributed by atoms with van der Waals surface area (Å²) < 4.78 is 20.5. The van der Waals surface area contributed by atoms with Gasteiger partial charge in [-0.2, -0.15) is 5.10 Å². The van der Waals surface area contributed by atoms with E-state index >= 15 is 0 Å². The molecule has 4 aliphatic rings. The molecule has 4 heterocycles. The average molecular weight is 512 g/mol. The fourth-order valence-electron chi connectivity index (χ4n) is 5.95. The number of morpholine rings is 1. The molecule has 2 saturated heterocycles. The molecule has 1 aliphatic carbocycles. The van der Waals surface area contributed by atoms with Crippen LogP contribution in [0.2, 0.25) is 0 Å². The van der Waals surface area contributed by atoms with Crippen LogP contribution >= 0.6 is 0 Å². The van der Waals surface area contributed by atoms with E-state index in [1.54, 1.807) is 4.90 Å². The molecule has 36 heavy (non-hydrogen) atoms. The normalized spacial score (nSPS) is 24.3. The van der Waals surface area contributed by atoms with Gasteiger partial charge in [0.1, 0.15) is 0 Å². The van der Waals surface area contributed by atoms with Crippen molar-refractivity contribution in [3.05, 3.63) is 35.5 Å². The monoisotopic (exact) mass is 511 g/mol. The van der Waals surface area contributed by atoms with Crippen LogP contribution in [0.4, 0.5) is 4.79 Å². The lowest BCUT2D eigenvalue weighted by atomic mass is 9.96. The topological polar surface area (TPSA) is 96.8 Å². The first-order valence-corrected chi connectivity index (χ1v) is 14.4. The molecule has 1 aromatic carbocycles. The number of fused-ring (bicyclic) bond motifs is 3. The Bertz CT molecular complexity index is 1180. The number of carbonyl (C=O) groups excluding carboxylic acids is 2. The van der Waals surface area contributed by atoms with Crippen LogP contribution in [0.15, 0.2) is 29.2 Å². The number of hydrogen-bond donors (Lipinski definition) is 1. The number of amides is 3. The number of carbonyl (C=O) groups is 2. The zero-order chi connectivity index (χ0) is 24.6. The molecule has 10 heteroatoms. The minimum Gasteiger partial charge on any atom is -0.378 e. The number of aromatic nitrogens is 2. The first-order valence-electron chi connectivity index (χ1n) is 13.1. The van der Waals surface area contributed by atoms with Crippen molar-refractivity contribution in [1.29, 1.82) is 0 Å². The molecular formula is C26H33N5O4S. The average Bonchev–Trinajstić information content (AvgIpc) is 3.55.